The molecule has 5 N–H and O–H groups in total. The van der Waals surface area contributed by atoms with Gasteiger partial charge in [0.25, 0.3) is 11.1 Å². The summed E-state index contributed by atoms with van der Waals surface area (Å²) in [6.45, 7) is 1.29. The molecule has 8 atom stereocenters. The SMILES string of the molecule is COc1ccc(C(OC[C@H]2O[C@@H](n3cnc4c(=O)[nH]c(N)nc43)C[C@@H]2O[P@@]2(=O)OCC[C@@H]([C@H]3O[C@@H](n4cc(C)c(=O)[nH]c4=O)C[C@@H]3O)O2)(c2ccccc2)c2ccc(OC)cc2)cc1. The van der Waals surface area contributed by atoms with Gasteiger partial charge in [0.05, 0.1) is 39.9 Å². The highest BCUT2D eigenvalue weighted by Crippen LogP contribution is 2.58. The quantitative estimate of drug-likeness (QED) is 0.0949. The first-order chi connectivity index (χ1) is 30.9. The fourth-order valence-corrected chi connectivity index (χ4v) is 10.1. The van der Waals surface area contributed by atoms with Crippen LogP contribution in [0.3, 0.4) is 0 Å². The zero-order valence-corrected chi connectivity index (χ0v) is 35.8. The van der Waals surface area contributed by atoms with Gasteiger partial charge in [-0.15, -0.1) is 0 Å². The monoisotopic (exact) mass is 899 g/mol. The third-order valence-corrected chi connectivity index (χ3v) is 13.3. The lowest BCUT2D eigenvalue weighted by atomic mass is 9.80. The maximum atomic E-state index is 14.7. The third-order valence-electron chi connectivity index (χ3n) is 11.7. The van der Waals surface area contributed by atoms with Crippen molar-refractivity contribution in [1.82, 2.24) is 29.1 Å². The minimum absolute atomic E-state index is 0.00864. The number of hydrogen-bond donors (Lipinski definition) is 4. The molecule has 3 fully saturated rings. The number of imidazole rings is 1. The van der Waals surface area contributed by atoms with Crippen LogP contribution in [0.5, 0.6) is 11.5 Å². The number of aromatic nitrogens is 6. The summed E-state index contributed by atoms with van der Waals surface area (Å²) in [7, 11) is -1.29. The predicted octanol–water partition coefficient (Wildman–Crippen LogP) is 3.82. The normalized spacial score (nSPS) is 26.0. The van der Waals surface area contributed by atoms with E-state index in [0.29, 0.717) is 11.5 Å². The summed E-state index contributed by atoms with van der Waals surface area (Å²) in [6.07, 6.45) is -4.08. The average Bonchev–Trinajstić information content (AvgIpc) is 4.02. The van der Waals surface area contributed by atoms with Crippen LogP contribution in [0.15, 0.2) is 106 Å². The first-order valence-electron chi connectivity index (χ1n) is 20.5. The number of ether oxygens (including phenoxy) is 5. The highest BCUT2D eigenvalue weighted by atomic mass is 31.2. The number of H-pyrrole nitrogens is 2. The molecule has 6 heterocycles. The van der Waals surface area contributed by atoms with Crippen molar-refractivity contribution in [3.05, 3.63) is 145 Å². The van der Waals surface area contributed by atoms with Crippen molar-refractivity contribution in [2.75, 3.05) is 33.2 Å². The zero-order chi connectivity index (χ0) is 44.8. The first-order valence-corrected chi connectivity index (χ1v) is 22.0. The van der Waals surface area contributed by atoms with Crippen molar-refractivity contribution in [3.8, 4) is 11.5 Å². The van der Waals surface area contributed by atoms with Crippen LogP contribution in [0.4, 0.5) is 5.95 Å². The van der Waals surface area contributed by atoms with Crippen LogP contribution in [0.1, 0.15) is 54.0 Å². The molecule has 21 heteroatoms. The maximum absolute atomic E-state index is 14.7. The second-order valence-corrected chi connectivity index (χ2v) is 17.2. The number of nitrogen functional groups attached to an aromatic ring is 1. The van der Waals surface area contributed by atoms with E-state index in [1.807, 2.05) is 78.9 Å². The number of methoxy groups -OCH3 is 2. The summed E-state index contributed by atoms with van der Waals surface area (Å²) in [5.41, 5.74) is 5.61. The number of fused-ring (bicyclic) bond motifs is 1. The minimum atomic E-state index is -4.46. The Balaban J connectivity index is 1.05. The molecule has 0 aliphatic carbocycles. The Morgan fingerprint density at radius 3 is 2.20 bits per heavy atom. The van der Waals surface area contributed by atoms with Gasteiger partial charge in [0.1, 0.15) is 54.0 Å². The van der Waals surface area contributed by atoms with Gasteiger partial charge in [0, 0.05) is 31.0 Å². The molecule has 20 nitrogen and oxygen atoms in total. The molecule has 9 rings (SSSR count). The number of anilines is 1. The van der Waals surface area contributed by atoms with Crippen molar-refractivity contribution in [1.29, 1.82) is 0 Å². The number of hydrogen-bond acceptors (Lipinski definition) is 16. The van der Waals surface area contributed by atoms with E-state index in [2.05, 4.69) is 19.9 Å². The Morgan fingerprint density at radius 2 is 1.53 bits per heavy atom. The van der Waals surface area contributed by atoms with Crippen molar-refractivity contribution < 1.29 is 46.9 Å². The van der Waals surface area contributed by atoms with Gasteiger partial charge in [-0.1, -0.05) is 54.6 Å². The molecule has 3 aromatic heterocycles. The molecule has 336 valence electrons. The lowest BCUT2D eigenvalue weighted by Crippen LogP contribution is -2.41. The number of aryl methyl sites for hydroxylation is 1. The number of phosphoric ester groups is 1. The molecule has 3 saturated heterocycles. The molecule has 3 aliphatic rings. The molecular formula is C43H46N7O13P. The Bertz CT molecular complexity index is 2800. The van der Waals surface area contributed by atoms with Gasteiger partial charge in [-0.2, -0.15) is 4.98 Å². The lowest BCUT2D eigenvalue weighted by Gasteiger charge is -2.38. The zero-order valence-electron chi connectivity index (χ0n) is 34.9. The molecule has 0 unspecified atom stereocenters. The van der Waals surface area contributed by atoms with E-state index in [0.717, 1.165) is 16.7 Å². The smallest absolute Gasteiger partial charge is 0.475 e. The Hall–Kier alpha value is -5.96. The van der Waals surface area contributed by atoms with Gasteiger partial charge in [0.2, 0.25) is 5.95 Å². The summed E-state index contributed by atoms with van der Waals surface area (Å²) in [5.74, 6) is 1.15. The van der Waals surface area contributed by atoms with E-state index in [4.69, 9.17) is 43.0 Å². The lowest BCUT2D eigenvalue weighted by molar-refractivity contribution is -0.113. The van der Waals surface area contributed by atoms with Crippen LogP contribution in [0.2, 0.25) is 0 Å². The summed E-state index contributed by atoms with van der Waals surface area (Å²) in [5, 5.41) is 11.2. The molecule has 0 spiro atoms. The van der Waals surface area contributed by atoms with Gasteiger partial charge < -0.3 is 34.5 Å². The summed E-state index contributed by atoms with van der Waals surface area (Å²) in [6, 6.07) is 24.6. The fraction of sp³-hybridized carbons (Fsp3) is 0.372. The number of aromatic amines is 2. The number of nitrogens with zero attached hydrogens (tertiary/aromatic N) is 4. The van der Waals surface area contributed by atoms with Crippen molar-refractivity contribution in [2.24, 2.45) is 0 Å². The van der Waals surface area contributed by atoms with E-state index in [1.54, 1.807) is 25.7 Å². The number of phosphoric acid groups is 1. The number of nitrogens with one attached hydrogen (secondary N) is 2. The fourth-order valence-electron chi connectivity index (χ4n) is 8.53. The maximum Gasteiger partial charge on any atom is 0.475 e. The van der Waals surface area contributed by atoms with Crippen molar-refractivity contribution in [3.63, 3.8) is 0 Å². The molecule has 64 heavy (non-hydrogen) atoms. The highest BCUT2D eigenvalue weighted by Gasteiger charge is 2.51. The van der Waals surface area contributed by atoms with Crippen LogP contribution in [-0.2, 0) is 37.9 Å². The van der Waals surface area contributed by atoms with Gasteiger partial charge in [-0.05, 0) is 47.9 Å². The Labute approximate surface area is 364 Å². The molecule has 0 radical (unpaired) electrons. The van der Waals surface area contributed by atoms with E-state index < -0.39 is 73.2 Å². The summed E-state index contributed by atoms with van der Waals surface area (Å²) in [4.78, 5) is 50.8. The molecule has 3 aromatic carbocycles. The summed E-state index contributed by atoms with van der Waals surface area (Å²) >= 11 is 0. The van der Waals surface area contributed by atoms with Crippen molar-refractivity contribution in [2.45, 2.75) is 74.8 Å². The average molecular weight is 900 g/mol. The molecular weight excluding hydrogens is 853 g/mol. The number of benzene rings is 3. The van der Waals surface area contributed by atoms with E-state index in [1.165, 1.54) is 17.1 Å². The van der Waals surface area contributed by atoms with Crippen LogP contribution >= 0.6 is 7.82 Å². The molecule has 6 aromatic rings. The number of aliphatic hydroxyl groups is 1. The van der Waals surface area contributed by atoms with Crippen LogP contribution in [0.25, 0.3) is 11.2 Å². The largest absolute Gasteiger partial charge is 0.497 e. The first kappa shape index (κ1) is 43.3. The minimum Gasteiger partial charge on any atom is -0.497 e. The number of rotatable bonds is 13. The second kappa shape index (κ2) is 17.5. The van der Waals surface area contributed by atoms with Crippen LogP contribution < -0.4 is 32.0 Å². The van der Waals surface area contributed by atoms with Gasteiger partial charge in [-0.3, -0.25) is 42.3 Å². The molecule has 0 saturated carbocycles. The van der Waals surface area contributed by atoms with Gasteiger partial charge in [-0.25, -0.2) is 14.3 Å². The third kappa shape index (κ3) is 8.18. The highest BCUT2D eigenvalue weighted by molar-refractivity contribution is 7.48. The van der Waals surface area contributed by atoms with Crippen LogP contribution in [-0.4, -0.2) is 92.1 Å². The standard InChI is InChI=1S/C43H46N7O13P/c1-24-21-49(42(54)48-39(24)52)34-19-30(51)37(61-34)31-17-18-59-64(55,62-31)63-32-20-35(50-23-45-36-38(50)46-41(44)47-40(36)53)60-33(32)22-58-43(25-7-5-4-6-8-25,26-9-13-28(56-2)14-10-26)27-11-15-29(57-3)16-12-27/h4-16,21,23,30-35,37,51H,17-20,22H2,1-3H3,(H,48,52,54)(H3,44,46,47,53)/t30-,31-,32-,33+,34+,35+,37-,64-/m0/s1. The number of aliphatic hydroxyl groups excluding tert-OH is 1. The molecule has 0 bridgehead atoms. The molecule has 0 amide bonds. The summed E-state index contributed by atoms with van der Waals surface area (Å²) < 4.78 is 66.6. The van der Waals surface area contributed by atoms with Crippen LogP contribution in [0, 0.1) is 6.92 Å². The topological polar surface area (TPSA) is 256 Å². The van der Waals surface area contributed by atoms with Gasteiger partial charge >= 0.3 is 13.5 Å². The van der Waals surface area contributed by atoms with E-state index in [-0.39, 0.29) is 55.2 Å². The van der Waals surface area contributed by atoms with E-state index >= 15 is 0 Å². The Kier molecular flexibility index (Phi) is 11.9. The second-order valence-electron chi connectivity index (χ2n) is 15.6. The number of nitrogens with two attached hydrogens (primary N) is 1. The van der Waals surface area contributed by atoms with Crippen molar-refractivity contribution >= 4 is 24.9 Å². The Morgan fingerprint density at radius 1 is 0.875 bits per heavy atom. The predicted molar refractivity (Wildman–Crippen MR) is 228 cm³/mol. The molecule has 3 aliphatic heterocycles. The van der Waals surface area contributed by atoms with E-state index in [9.17, 15) is 24.1 Å². The van der Waals surface area contributed by atoms with Gasteiger partial charge in [0.15, 0.2) is 11.2 Å².